The van der Waals surface area contributed by atoms with Crippen molar-refractivity contribution in [3.05, 3.63) is 31.7 Å². The van der Waals surface area contributed by atoms with Gasteiger partial charge in [-0.2, -0.15) is 0 Å². The van der Waals surface area contributed by atoms with E-state index in [-0.39, 0.29) is 19.1 Å². The molecule has 2 N–H and O–H groups in total. The second kappa shape index (κ2) is 5.67. The maximum Gasteiger partial charge on any atom is 0.231 e. The van der Waals surface area contributed by atoms with Crippen molar-refractivity contribution in [1.29, 1.82) is 0 Å². The summed E-state index contributed by atoms with van der Waals surface area (Å²) >= 11 is 12.6. The van der Waals surface area contributed by atoms with Crippen LogP contribution in [0.15, 0.2) is 12.1 Å². The second-order valence-electron chi connectivity index (χ2n) is 4.47. The molecular formula is C13H11ClN2O3S2. The Labute approximate surface area is 134 Å². The topological polar surface area (TPSA) is 63.4 Å². The summed E-state index contributed by atoms with van der Waals surface area (Å²) < 4.78 is 11.2. The van der Waals surface area contributed by atoms with Crippen molar-refractivity contribution >= 4 is 46.8 Å². The monoisotopic (exact) mass is 342 g/mol. The molecule has 0 radical (unpaired) electrons. The van der Waals surface area contributed by atoms with Gasteiger partial charge in [-0.3, -0.25) is 4.79 Å². The van der Waals surface area contributed by atoms with Crippen LogP contribution in [0.25, 0.3) is 0 Å². The van der Waals surface area contributed by atoms with E-state index in [1.165, 1.54) is 11.3 Å². The lowest BCUT2D eigenvalue weighted by atomic mass is 10.2. The highest BCUT2D eigenvalue weighted by atomic mass is 35.5. The Hall–Kier alpha value is -1.57. The van der Waals surface area contributed by atoms with Crippen LogP contribution in [0.1, 0.15) is 10.6 Å². The van der Waals surface area contributed by atoms with Crippen molar-refractivity contribution in [3.63, 3.8) is 0 Å². The molecule has 0 saturated carbocycles. The summed E-state index contributed by atoms with van der Waals surface area (Å²) in [6, 6.07) is 3.29. The molecule has 1 aromatic heterocycles. The van der Waals surface area contributed by atoms with Gasteiger partial charge < -0.3 is 19.8 Å². The fraction of sp³-hybridized carbons (Fsp3) is 0.231. The maximum absolute atomic E-state index is 12.1. The summed E-state index contributed by atoms with van der Waals surface area (Å²) in [6.45, 7) is 2.05. The normalized spacial score (nSPS) is 12.5. The fourth-order valence-corrected chi connectivity index (χ4v) is 3.45. The summed E-state index contributed by atoms with van der Waals surface area (Å²) in [4.78, 5) is 16.0. The Morgan fingerprint density at radius 1 is 1.48 bits per heavy atom. The molecule has 2 heterocycles. The van der Waals surface area contributed by atoms with E-state index >= 15 is 0 Å². The predicted molar refractivity (Wildman–Crippen MR) is 84.1 cm³/mol. The Kier molecular flexibility index (Phi) is 3.88. The Morgan fingerprint density at radius 3 is 2.86 bits per heavy atom. The lowest BCUT2D eigenvalue weighted by molar-refractivity contribution is -0.115. The van der Waals surface area contributed by atoms with Gasteiger partial charge in [-0.25, -0.2) is 0 Å². The molecule has 0 unspecified atom stereocenters. The number of thiazole rings is 1. The van der Waals surface area contributed by atoms with Crippen LogP contribution in [0, 0.1) is 10.9 Å². The van der Waals surface area contributed by atoms with E-state index in [1.54, 1.807) is 12.1 Å². The van der Waals surface area contributed by atoms with Crippen LogP contribution in [-0.4, -0.2) is 17.7 Å². The Balaban J connectivity index is 1.76. The number of ether oxygens (including phenoxy) is 2. The number of fused-ring (bicyclic) bond motifs is 1. The summed E-state index contributed by atoms with van der Waals surface area (Å²) in [5.41, 5.74) is 1.42. The molecule has 5 nitrogen and oxygen atoms in total. The fourth-order valence-electron chi connectivity index (χ4n) is 1.96. The molecule has 0 saturated heterocycles. The summed E-state index contributed by atoms with van der Waals surface area (Å²) in [5, 5.41) is 3.19. The lowest BCUT2D eigenvalue weighted by Gasteiger charge is -2.08. The van der Waals surface area contributed by atoms with Crippen LogP contribution in [0.3, 0.4) is 0 Å². The van der Waals surface area contributed by atoms with E-state index in [4.69, 9.17) is 33.3 Å². The quantitative estimate of drug-likeness (QED) is 0.835. The van der Waals surface area contributed by atoms with E-state index in [2.05, 4.69) is 10.3 Å². The minimum absolute atomic E-state index is 0.162. The molecule has 2 aromatic rings. The number of hydrogen-bond acceptors (Lipinski definition) is 5. The van der Waals surface area contributed by atoms with Crippen LogP contribution < -0.4 is 14.8 Å². The zero-order valence-corrected chi connectivity index (χ0v) is 13.4. The standard InChI is InChI=1S/C13H11ClN2O3S2/c1-6-11(21-13(20)15-6)4-12(17)16-8-3-10-9(2-7(8)14)18-5-19-10/h2-3H,4-5H2,1H3,(H,15,20)(H,16,17). The summed E-state index contributed by atoms with van der Waals surface area (Å²) in [7, 11) is 0. The molecule has 8 heteroatoms. The molecule has 0 aliphatic carbocycles. The number of rotatable bonds is 3. The third kappa shape index (κ3) is 3.04. The number of aromatic amines is 1. The first kappa shape index (κ1) is 14.4. The number of halogens is 1. The second-order valence-corrected chi connectivity index (χ2v) is 6.65. The Morgan fingerprint density at radius 2 is 2.19 bits per heavy atom. The van der Waals surface area contributed by atoms with Crippen molar-refractivity contribution in [2.45, 2.75) is 13.3 Å². The first-order valence-corrected chi connectivity index (χ1v) is 7.71. The number of hydrogen-bond donors (Lipinski definition) is 2. The van der Waals surface area contributed by atoms with Crippen molar-refractivity contribution in [3.8, 4) is 11.5 Å². The van der Waals surface area contributed by atoms with Gasteiger partial charge in [0.05, 0.1) is 17.1 Å². The first-order chi connectivity index (χ1) is 10.0. The van der Waals surface area contributed by atoms with Gasteiger partial charge in [-0.15, -0.1) is 11.3 Å². The zero-order chi connectivity index (χ0) is 15.0. The number of aromatic nitrogens is 1. The molecular weight excluding hydrogens is 332 g/mol. The minimum Gasteiger partial charge on any atom is -0.454 e. The summed E-state index contributed by atoms with van der Waals surface area (Å²) in [6.07, 6.45) is 0.244. The zero-order valence-electron chi connectivity index (χ0n) is 11.0. The summed E-state index contributed by atoms with van der Waals surface area (Å²) in [5.74, 6) is 0.991. The van der Waals surface area contributed by atoms with Gasteiger partial charge in [-0.1, -0.05) is 11.6 Å². The van der Waals surface area contributed by atoms with Gasteiger partial charge in [-0.05, 0) is 19.1 Å². The smallest absolute Gasteiger partial charge is 0.231 e. The minimum atomic E-state index is -0.163. The third-order valence-corrected chi connectivity index (χ3v) is 4.63. The number of carbonyl (C=O) groups excluding carboxylic acids is 1. The SMILES string of the molecule is Cc1[nH]c(=S)sc1CC(=O)Nc1cc2c(cc1Cl)OCO2. The highest BCUT2D eigenvalue weighted by molar-refractivity contribution is 7.73. The molecule has 1 aromatic carbocycles. The van der Waals surface area contributed by atoms with E-state index in [1.807, 2.05) is 6.92 Å². The van der Waals surface area contributed by atoms with Crippen LogP contribution in [0.2, 0.25) is 5.02 Å². The predicted octanol–water partition coefficient (Wildman–Crippen LogP) is 3.68. The highest BCUT2D eigenvalue weighted by Gasteiger charge is 2.18. The van der Waals surface area contributed by atoms with Gasteiger partial charge in [0, 0.05) is 22.7 Å². The highest BCUT2D eigenvalue weighted by Crippen LogP contribution is 2.39. The first-order valence-electron chi connectivity index (χ1n) is 6.10. The maximum atomic E-state index is 12.1. The molecule has 0 bridgehead atoms. The van der Waals surface area contributed by atoms with Crippen molar-refractivity contribution in [2.24, 2.45) is 0 Å². The van der Waals surface area contributed by atoms with Gasteiger partial charge in [0.25, 0.3) is 0 Å². The van der Waals surface area contributed by atoms with Crippen molar-refractivity contribution < 1.29 is 14.3 Å². The van der Waals surface area contributed by atoms with Crippen LogP contribution in [0.4, 0.5) is 5.69 Å². The lowest BCUT2D eigenvalue weighted by Crippen LogP contribution is -2.14. The molecule has 0 spiro atoms. The van der Waals surface area contributed by atoms with Gasteiger partial charge in [0.1, 0.15) is 0 Å². The molecule has 21 heavy (non-hydrogen) atoms. The number of aryl methyl sites for hydroxylation is 1. The van der Waals surface area contributed by atoms with Crippen LogP contribution in [0.5, 0.6) is 11.5 Å². The molecule has 110 valence electrons. The largest absolute Gasteiger partial charge is 0.454 e. The number of amides is 1. The van der Waals surface area contributed by atoms with Crippen LogP contribution >= 0.6 is 35.2 Å². The molecule has 0 atom stereocenters. The van der Waals surface area contributed by atoms with Gasteiger partial charge in [0.15, 0.2) is 15.5 Å². The van der Waals surface area contributed by atoms with E-state index < -0.39 is 0 Å². The van der Waals surface area contributed by atoms with Crippen molar-refractivity contribution in [2.75, 3.05) is 12.1 Å². The van der Waals surface area contributed by atoms with E-state index in [9.17, 15) is 4.79 Å². The average molecular weight is 343 g/mol. The number of carbonyl (C=O) groups is 1. The molecule has 1 amide bonds. The van der Waals surface area contributed by atoms with E-state index in [0.717, 1.165) is 10.6 Å². The van der Waals surface area contributed by atoms with E-state index in [0.29, 0.717) is 26.2 Å². The van der Waals surface area contributed by atoms with Crippen LogP contribution in [-0.2, 0) is 11.2 Å². The molecule has 1 aliphatic rings. The van der Waals surface area contributed by atoms with Gasteiger partial charge >= 0.3 is 0 Å². The third-order valence-electron chi connectivity index (χ3n) is 2.98. The Bertz CT molecular complexity index is 769. The molecule has 0 fully saturated rings. The molecule has 3 rings (SSSR count). The molecule has 1 aliphatic heterocycles. The number of nitrogens with one attached hydrogen (secondary N) is 2. The average Bonchev–Trinajstić information content (AvgIpc) is 2.96. The number of H-pyrrole nitrogens is 1. The number of anilines is 1. The van der Waals surface area contributed by atoms with Crippen molar-refractivity contribution in [1.82, 2.24) is 4.98 Å². The van der Waals surface area contributed by atoms with Gasteiger partial charge in [0.2, 0.25) is 12.7 Å². The number of benzene rings is 1.